The van der Waals surface area contributed by atoms with Crippen LogP contribution in [0.1, 0.15) is 19.3 Å². The molecule has 0 saturated heterocycles. The van der Waals surface area contributed by atoms with Crippen LogP contribution >= 0.6 is 0 Å². The highest BCUT2D eigenvalue weighted by Gasteiger charge is 2.34. The summed E-state index contributed by atoms with van der Waals surface area (Å²) in [5.41, 5.74) is 0. The summed E-state index contributed by atoms with van der Waals surface area (Å²) in [6.45, 7) is 3.61. The third-order valence-electron chi connectivity index (χ3n) is 3.78. The molecule has 86 valence electrons. The molecule has 15 heavy (non-hydrogen) atoms. The normalized spacial score (nSPS) is 33.1. The lowest BCUT2D eigenvalue weighted by Gasteiger charge is -2.18. The molecule has 1 fully saturated rings. The summed E-state index contributed by atoms with van der Waals surface area (Å²) >= 11 is 0. The molecule has 0 radical (unpaired) electrons. The Hall–Kier alpha value is -0.340. The first kappa shape index (κ1) is 11.2. The summed E-state index contributed by atoms with van der Waals surface area (Å²) in [6, 6.07) is 0. The molecule has 0 aromatic carbocycles. The first-order valence-corrected chi connectivity index (χ1v) is 6.29. The van der Waals surface area contributed by atoms with Gasteiger partial charge in [0.05, 0.1) is 0 Å². The number of fused-ring (bicyclic) bond motifs is 2. The van der Waals surface area contributed by atoms with Crippen molar-refractivity contribution in [1.82, 2.24) is 10.2 Å². The van der Waals surface area contributed by atoms with Crippen molar-refractivity contribution in [3.05, 3.63) is 12.2 Å². The second-order valence-electron chi connectivity index (χ2n) is 5.40. The van der Waals surface area contributed by atoms with E-state index in [0.29, 0.717) is 0 Å². The molecule has 2 heteroatoms. The fourth-order valence-corrected chi connectivity index (χ4v) is 2.94. The molecule has 0 aromatic heterocycles. The molecular weight excluding hydrogens is 184 g/mol. The lowest BCUT2D eigenvalue weighted by Crippen LogP contribution is -2.28. The van der Waals surface area contributed by atoms with Gasteiger partial charge in [-0.3, -0.25) is 0 Å². The van der Waals surface area contributed by atoms with E-state index in [9.17, 15) is 0 Å². The van der Waals surface area contributed by atoms with Crippen LogP contribution in [0.5, 0.6) is 0 Å². The largest absolute Gasteiger partial charge is 0.316 e. The Bertz CT molecular complexity index is 223. The molecular formula is C13H24N2. The van der Waals surface area contributed by atoms with Crippen molar-refractivity contribution in [2.24, 2.45) is 17.8 Å². The minimum Gasteiger partial charge on any atom is -0.316 e. The van der Waals surface area contributed by atoms with Gasteiger partial charge in [0.15, 0.2) is 0 Å². The molecule has 0 heterocycles. The predicted molar refractivity (Wildman–Crippen MR) is 64.9 cm³/mol. The van der Waals surface area contributed by atoms with E-state index in [2.05, 4.69) is 36.5 Å². The number of nitrogens with zero attached hydrogens (tertiary/aromatic N) is 1. The van der Waals surface area contributed by atoms with Gasteiger partial charge < -0.3 is 10.2 Å². The Kier molecular flexibility index (Phi) is 3.81. The summed E-state index contributed by atoms with van der Waals surface area (Å²) in [5.74, 6) is 2.75. The van der Waals surface area contributed by atoms with E-state index in [0.717, 1.165) is 17.8 Å². The van der Waals surface area contributed by atoms with Gasteiger partial charge in [-0.05, 0) is 70.7 Å². The van der Waals surface area contributed by atoms with Crippen molar-refractivity contribution in [2.75, 3.05) is 33.7 Å². The maximum atomic E-state index is 3.61. The number of hydrogen-bond donors (Lipinski definition) is 1. The molecule has 1 saturated carbocycles. The summed E-state index contributed by atoms with van der Waals surface area (Å²) in [4.78, 5) is 2.25. The predicted octanol–water partition coefficient (Wildman–Crippen LogP) is 1.74. The van der Waals surface area contributed by atoms with Gasteiger partial charge in [-0.25, -0.2) is 0 Å². The van der Waals surface area contributed by atoms with Crippen molar-refractivity contribution >= 4 is 0 Å². The van der Waals surface area contributed by atoms with Crippen LogP contribution in [-0.4, -0.2) is 38.6 Å². The molecule has 1 N–H and O–H groups in total. The first-order chi connectivity index (χ1) is 7.25. The molecule has 0 spiro atoms. The van der Waals surface area contributed by atoms with E-state index < -0.39 is 0 Å². The van der Waals surface area contributed by atoms with Crippen molar-refractivity contribution in [3.8, 4) is 0 Å². The van der Waals surface area contributed by atoms with Gasteiger partial charge in [-0.15, -0.1) is 0 Å². The van der Waals surface area contributed by atoms with Crippen LogP contribution in [-0.2, 0) is 0 Å². The SMILES string of the molecule is CN(C)CCCNC[C@@H]1C[C@H]2C=C[C@H]1C2. The standard InChI is InChI=1S/C13H24N2/c1-15(2)7-3-6-14-10-13-9-11-4-5-12(13)8-11/h4-5,11-14H,3,6-10H2,1-2H3/t11-,12-,13-/m0/s1. The topological polar surface area (TPSA) is 15.3 Å². The van der Waals surface area contributed by atoms with E-state index in [1.54, 1.807) is 0 Å². The monoisotopic (exact) mass is 208 g/mol. The van der Waals surface area contributed by atoms with Crippen molar-refractivity contribution in [2.45, 2.75) is 19.3 Å². The van der Waals surface area contributed by atoms with Crippen LogP contribution in [0.15, 0.2) is 12.2 Å². The molecule has 0 amide bonds. The lowest BCUT2D eigenvalue weighted by molar-refractivity contribution is 0.376. The number of hydrogen-bond acceptors (Lipinski definition) is 2. The molecule has 2 bridgehead atoms. The summed E-state index contributed by atoms with van der Waals surface area (Å²) in [7, 11) is 4.28. The van der Waals surface area contributed by atoms with E-state index in [1.807, 2.05) is 0 Å². The van der Waals surface area contributed by atoms with Crippen LogP contribution in [0, 0.1) is 17.8 Å². The number of nitrogens with one attached hydrogen (secondary N) is 1. The number of rotatable bonds is 6. The minimum atomic E-state index is 0.899. The molecule has 0 aromatic rings. The zero-order valence-electron chi connectivity index (χ0n) is 10.1. The fourth-order valence-electron chi connectivity index (χ4n) is 2.94. The second-order valence-corrected chi connectivity index (χ2v) is 5.40. The van der Waals surface area contributed by atoms with Gasteiger partial charge in [-0.2, -0.15) is 0 Å². The highest BCUT2D eigenvalue weighted by molar-refractivity contribution is 5.10. The van der Waals surface area contributed by atoms with E-state index in [4.69, 9.17) is 0 Å². The molecule has 3 atom stereocenters. The first-order valence-electron chi connectivity index (χ1n) is 6.29. The van der Waals surface area contributed by atoms with Gasteiger partial charge in [0.2, 0.25) is 0 Å². The van der Waals surface area contributed by atoms with Crippen molar-refractivity contribution in [1.29, 1.82) is 0 Å². The average Bonchev–Trinajstić information content (AvgIpc) is 2.78. The smallest absolute Gasteiger partial charge is 0.00127 e. The Morgan fingerprint density at radius 3 is 2.73 bits per heavy atom. The summed E-state index contributed by atoms with van der Waals surface area (Å²) in [5, 5.41) is 3.61. The van der Waals surface area contributed by atoms with Gasteiger partial charge in [0.1, 0.15) is 0 Å². The van der Waals surface area contributed by atoms with Crippen molar-refractivity contribution < 1.29 is 0 Å². The molecule has 2 rings (SSSR count). The van der Waals surface area contributed by atoms with E-state index >= 15 is 0 Å². The van der Waals surface area contributed by atoms with Gasteiger partial charge in [-0.1, -0.05) is 12.2 Å². The molecule has 2 aliphatic carbocycles. The highest BCUT2D eigenvalue weighted by Crippen LogP contribution is 2.42. The van der Waals surface area contributed by atoms with Crippen LogP contribution in [0.25, 0.3) is 0 Å². The summed E-state index contributed by atoms with van der Waals surface area (Å²) < 4.78 is 0. The molecule has 2 nitrogen and oxygen atoms in total. The minimum absolute atomic E-state index is 0.899. The van der Waals surface area contributed by atoms with Gasteiger partial charge >= 0.3 is 0 Å². The molecule has 2 aliphatic rings. The maximum absolute atomic E-state index is 3.61. The van der Waals surface area contributed by atoms with Crippen molar-refractivity contribution in [3.63, 3.8) is 0 Å². The van der Waals surface area contributed by atoms with Crippen LogP contribution in [0.3, 0.4) is 0 Å². The third-order valence-corrected chi connectivity index (χ3v) is 3.78. The Balaban J connectivity index is 1.54. The summed E-state index contributed by atoms with van der Waals surface area (Å²) in [6.07, 6.45) is 9.00. The van der Waals surface area contributed by atoms with Crippen LogP contribution in [0.4, 0.5) is 0 Å². The molecule has 0 unspecified atom stereocenters. The second kappa shape index (κ2) is 5.13. The molecule has 0 aliphatic heterocycles. The quantitative estimate of drug-likeness (QED) is 0.528. The van der Waals surface area contributed by atoms with E-state index in [-0.39, 0.29) is 0 Å². The fraction of sp³-hybridized carbons (Fsp3) is 0.846. The Morgan fingerprint density at radius 1 is 1.27 bits per heavy atom. The number of allylic oxidation sites excluding steroid dienone is 2. The van der Waals surface area contributed by atoms with Crippen LogP contribution in [0.2, 0.25) is 0 Å². The third kappa shape index (κ3) is 3.05. The van der Waals surface area contributed by atoms with Crippen LogP contribution < -0.4 is 5.32 Å². The Morgan fingerprint density at radius 2 is 2.13 bits per heavy atom. The highest BCUT2D eigenvalue weighted by atomic mass is 15.1. The zero-order chi connectivity index (χ0) is 10.7. The van der Waals surface area contributed by atoms with Gasteiger partial charge in [0.25, 0.3) is 0 Å². The lowest BCUT2D eigenvalue weighted by atomic mass is 9.94. The average molecular weight is 208 g/mol. The van der Waals surface area contributed by atoms with E-state index in [1.165, 1.54) is 38.9 Å². The maximum Gasteiger partial charge on any atom is -0.00127 e. The zero-order valence-corrected chi connectivity index (χ0v) is 10.1. The Labute approximate surface area is 93.7 Å². The van der Waals surface area contributed by atoms with Gasteiger partial charge in [0, 0.05) is 0 Å².